The van der Waals surface area contributed by atoms with Gasteiger partial charge in [-0.15, -0.1) is 10.2 Å². The van der Waals surface area contributed by atoms with Crippen LogP contribution in [0.15, 0.2) is 6.33 Å². The second-order valence-electron chi connectivity index (χ2n) is 8.84. The number of nitrogens with zero attached hydrogens (tertiary/aromatic N) is 3. The second kappa shape index (κ2) is 3.86. The lowest BCUT2D eigenvalue weighted by atomic mass is 9.40. The molecular formula is C17H27N3. The maximum Gasteiger partial charge on any atom is 0.133 e. The minimum Gasteiger partial charge on any atom is -0.318 e. The van der Waals surface area contributed by atoms with Gasteiger partial charge in [0.15, 0.2) is 0 Å². The van der Waals surface area contributed by atoms with E-state index in [4.69, 9.17) is 0 Å². The van der Waals surface area contributed by atoms with Gasteiger partial charge >= 0.3 is 0 Å². The van der Waals surface area contributed by atoms with Crippen molar-refractivity contribution in [1.82, 2.24) is 14.8 Å². The minimum atomic E-state index is 0.517. The Morgan fingerprint density at radius 2 is 1.85 bits per heavy atom. The van der Waals surface area contributed by atoms with E-state index in [9.17, 15) is 0 Å². The Morgan fingerprint density at radius 3 is 2.45 bits per heavy atom. The summed E-state index contributed by atoms with van der Waals surface area (Å²) in [6.07, 6.45) is 11.7. The molecule has 0 radical (unpaired) electrons. The first kappa shape index (κ1) is 12.8. The first-order valence-electron chi connectivity index (χ1n) is 8.30. The molecule has 4 fully saturated rings. The quantitative estimate of drug-likeness (QED) is 0.837. The van der Waals surface area contributed by atoms with Gasteiger partial charge in [-0.2, -0.15) is 0 Å². The average Bonchev–Trinajstić information content (AvgIpc) is 2.70. The Morgan fingerprint density at radius 1 is 1.15 bits per heavy atom. The molecular weight excluding hydrogens is 246 g/mol. The summed E-state index contributed by atoms with van der Waals surface area (Å²) in [6.45, 7) is 8.29. The fourth-order valence-corrected chi connectivity index (χ4v) is 6.90. The zero-order chi connectivity index (χ0) is 14.0. The van der Waals surface area contributed by atoms with Crippen molar-refractivity contribution in [2.24, 2.45) is 22.2 Å². The highest BCUT2D eigenvalue weighted by Crippen LogP contribution is 2.70. The third-order valence-corrected chi connectivity index (χ3v) is 6.31. The van der Waals surface area contributed by atoms with Crippen molar-refractivity contribution >= 4 is 0 Å². The van der Waals surface area contributed by atoms with E-state index in [2.05, 4.69) is 35.5 Å². The average molecular weight is 273 g/mol. The summed E-state index contributed by atoms with van der Waals surface area (Å²) in [6, 6.07) is 0. The van der Waals surface area contributed by atoms with Gasteiger partial charge in [0, 0.05) is 13.0 Å². The normalized spacial score (nSPS) is 46.0. The predicted octanol–water partition coefficient (Wildman–Crippen LogP) is 3.84. The van der Waals surface area contributed by atoms with Crippen molar-refractivity contribution in [1.29, 1.82) is 0 Å². The van der Waals surface area contributed by atoms with Crippen molar-refractivity contribution in [3.63, 3.8) is 0 Å². The van der Waals surface area contributed by atoms with Crippen LogP contribution in [-0.2, 0) is 13.0 Å². The predicted molar refractivity (Wildman–Crippen MR) is 79.2 cm³/mol. The molecule has 4 bridgehead atoms. The van der Waals surface area contributed by atoms with Gasteiger partial charge in [0.25, 0.3) is 0 Å². The molecule has 1 heterocycles. The van der Waals surface area contributed by atoms with E-state index in [0.29, 0.717) is 16.2 Å². The summed E-state index contributed by atoms with van der Waals surface area (Å²) < 4.78 is 2.24. The lowest BCUT2D eigenvalue weighted by Crippen LogP contribution is -2.55. The van der Waals surface area contributed by atoms with Crippen LogP contribution in [0.2, 0.25) is 0 Å². The number of hydrogen-bond acceptors (Lipinski definition) is 2. The van der Waals surface area contributed by atoms with Crippen molar-refractivity contribution in [2.75, 3.05) is 0 Å². The van der Waals surface area contributed by atoms with E-state index in [1.165, 1.54) is 44.3 Å². The van der Waals surface area contributed by atoms with Crippen LogP contribution in [-0.4, -0.2) is 14.8 Å². The van der Waals surface area contributed by atoms with Gasteiger partial charge in [0.1, 0.15) is 12.2 Å². The van der Waals surface area contributed by atoms with Crippen LogP contribution in [0, 0.1) is 22.2 Å². The van der Waals surface area contributed by atoms with Crippen molar-refractivity contribution in [3.8, 4) is 0 Å². The molecule has 5 rings (SSSR count). The lowest BCUT2D eigenvalue weighted by Gasteiger charge is -2.65. The van der Waals surface area contributed by atoms with Gasteiger partial charge in [-0.3, -0.25) is 0 Å². The van der Waals surface area contributed by atoms with Crippen LogP contribution >= 0.6 is 0 Å². The molecule has 3 heteroatoms. The molecule has 4 aliphatic rings. The molecule has 0 amide bonds. The van der Waals surface area contributed by atoms with E-state index in [1.54, 1.807) is 0 Å². The smallest absolute Gasteiger partial charge is 0.133 e. The molecule has 0 saturated heterocycles. The highest BCUT2D eigenvalue weighted by molar-refractivity contribution is 5.12. The SMILES string of the molecule is CCn1cnnc1CC12CC3CC(C)(CC(C)(C3)C1)C2. The van der Waals surface area contributed by atoms with Gasteiger partial charge in [0.05, 0.1) is 0 Å². The first-order chi connectivity index (χ1) is 9.43. The summed E-state index contributed by atoms with van der Waals surface area (Å²) in [5.74, 6) is 2.20. The number of aromatic nitrogens is 3. The fourth-order valence-electron chi connectivity index (χ4n) is 6.90. The molecule has 0 aromatic carbocycles. The van der Waals surface area contributed by atoms with Crippen molar-refractivity contribution in [2.45, 2.75) is 72.3 Å². The van der Waals surface area contributed by atoms with E-state index in [0.717, 1.165) is 18.9 Å². The molecule has 20 heavy (non-hydrogen) atoms. The number of aryl methyl sites for hydroxylation is 1. The second-order valence-corrected chi connectivity index (χ2v) is 8.84. The largest absolute Gasteiger partial charge is 0.318 e. The molecule has 2 atom stereocenters. The van der Waals surface area contributed by atoms with Crippen LogP contribution in [0.1, 0.15) is 65.1 Å². The van der Waals surface area contributed by atoms with Crippen LogP contribution in [0.4, 0.5) is 0 Å². The zero-order valence-electron chi connectivity index (χ0n) is 13.2. The molecule has 2 unspecified atom stereocenters. The maximum absolute atomic E-state index is 4.42. The molecule has 0 aliphatic heterocycles. The summed E-state index contributed by atoms with van der Waals surface area (Å²) >= 11 is 0. The Kier molecular flexibility index (Phi) is 2.48. The number of rotatable bonds is 3. The molecule has 4 aliphatic carbocycles. The van der Waals surface area contributed by atoms with Crippen molar-refractivity contribution < 1.29 is 0 Å². The molecule has 0 spiro atoms. The van der Waals surface area contributed by atoms with Gasteiger partial charge in [0.2, 0.25) is 0 Å². The Balaban J connectivity index is 1.67. The summed E-state index contributed by atoms with van der Waals surface area (Å²) in [7, 11) is 0. The van der Waals surface area contributed by atoms with E-state index < -0.39 is 0 Å². The topological polar surface area (TPSA) is 30.7 Å². The van der Waals surface area contributed by atoms with Crippen LogP contribution in [0.5, 0.6) is 0 Å². The first-order valence-corrected chi connectivity index (χ1v) is 8.30. The van der Waals surface area contributed by atoms with Crippen molar-refractivity contribution in [3.05, 3.63) is 12.2 Å². The van der Waals surface area contributed by atoms with Gasteiger partial charge < -0.3 is 4.57 Å². The summed E-state index contributed by atoms with van der Waals surface area (Å²) in [5.41, 5.74) is 1.72. The third-order valence-electron chi connectivity index (χ3n) is 6.31. The molecule has 110 valence electrons. The number of hydrogen-bond donors (Lipinski definition) is 0. The highest BCUT2D eigenvalue weighted by Gasteiger charge is 2.60. The van der Waals surface area contributed by atoms with E-state index >= 15 is 0 Å². The third kappa shape index (κ3) is 1.85. The summed E-state index contributed by atoms with van der Waals surface area (Å²) in [5, 5.41) is 8.56. The zero-order valence-corrected chi connectivity index (χ0v) is 13.2. The van der Waals surface area contributed by atoms with E-state index in [-0.39, 0.29) is 0 Å². The lowest BCUT2D eigenvalue weighted by molar-refractivity contribution is -0.145. The van der Waals surface area contributed by atoms with Crippen LogP contribution in [0.25, 0.3) is 0 Å². The Hall–Kier alpha value is -0.860. The van der Waals surface area contributed by atoms with Gasteiger partial charge in [-0.05, 0) is 67.6 Å². The van der Waals surface area contributed by atoms with Gasteiger partial charge in [-0.25, -0.2) is 0 Å². The Bertz CT molecular complexity index is 514. The standard InChI is InChI=1S/C17H27N3/c1-4-20-12-18-19-14(20)8-17-7-13-5-15(2,10-17)9-16(3,6-13)11-17/h12-13H,4-11H2,1-3H3. The van der Waals surface area contributed by atoms with Crippen LogP contribution < -0.4 is 0 Å². The highest BCUT2D eigenvalue weighted by atomic mass is 15.3. The van der Waals surface area contributed by atoms with E-state index in [1.807, 2.05) is 6.33 Å². The molecule has 1 aromatic heterocycles. The maximum atomic E-state index is 4.42. The summed E-state index contributed by atoms with van der Waals surface area (Å²) in [4.78, 5) is 0. The van der Waals surface area contributed by atoms with Crippen LogP contribution in [0.3, 0.4) is 0 Å². The Labute approximate surface area is 122 Å². The molecule has 4 saturated carbocycles. The monoisotopic (exact) mass is 273 g/mol. The molecule has 0 N–H and O–H groups in total. The molecule has 1 aromatic rings. The fraction of sp³-hybridized carbons (Fsp3) is 0.882. The van der Waals surface area contributed by atoms with Gasteiger partial charge in [-0.1, -0.05) is 13.8 Å². The minimum absolute atomic E-state index is 0.517. The molecule has 3 nitrogen and oxygen atoms in total.